The molecule has 0 bridgehead atoms. The molecule has 2 aliphatic heterocycles. The summed E-state index contributed by atoms with van der Waals surface area (Å²) in [6.07, 6.45) is 3.61. The van der Waals surface area contributed by atoms with E-state index in [0.717, 1.165) is 27.3 Å². The lowest BCUT2D eigenvalue weighted by molar-refractivity contribution is -0.122. The Bertz CT molecular complexity index is 1240. The van der Waals surface area contributed by atoms with Crippen LogP contribution in [0.5, 0.6) is 0 Å². The lowest BCUT2D eigenvalue weighted by Crippen LogP contribution is -2.54. The lowest BCUT2D eigenvalue weighted by Gasteiger charge is -2.40. The maximum absolute atomic E-state index is 13.2. The maximum atomic E-state index is 13.2. The summed E-state index contributed by atoms with van der Waals surface area (Å²) >= 11 is 6.58. The molecule has 0 aromatic heterocycles. The molecular weight excluding hydrogens is 426 g/mol. The van der Waals surface area contributed by atoms with Crippen molar-refractivity contribution >= 4 is 52.5 Å². The molecule has 7 heteroatoms. The van der Waals surface area contributed by atoms with Gasteiger partial charge in [0.25, 0.3) is 11.8 Å². The Hall–Kier alpha value is -3.38. The predicted molar refractivity (Wildman–Crippen MR) is 128 cm³/mol. The number of hydrogen-bond acceptors (Lipinski definition) is 4. The molecule has 32 heavy (non-hydrogen) atoms. The Morgan fingerprint density at radius 1 is 1.03 bits per heavy atom. The number of nitrogens with zero attached hydrogens (tertiary/aromatic N) is 2. The summed E-state index contributed by atoms with van der Waals surface area (Å²) in [4.78, 5) is 41.4. The number of anilines is 2. The van der Waals surface area contributed by atoms with E-state index in [1.807, 2.05) is 32.2 Å². The Balaban J connectivity index is 1.81. The quantitative estimate of drug-likeness (QED) is 0.520. The summed E-state index contributed by atoms with van der Waals surface area (Å²) in [5.74, 6) is -1.43. The van der Waals surface area contributed by atoms with E-state index < -0.39 is 17.8 Å². The van der Waals surface area contributed by atoms with Gasteiger partial charge in [-0.2, -0.15) is 0 Å². The summed E-state index contributed by atoms with van der Waals surface area (Å²) < 4.78 is 0. The van der Waals surface area contributed by atoms with E-state index in [0.29, 0.717) is 16.3 Å². The molecule has 0 saturated carbocycles. The van der Waals surface area contributed by atoms with Gasteiger partial charge in [0.15, 0.2) is 0 Å². The topological polar surface area (TPSA) is 69.7 Å². The first-order valence-corrected chi connectivity index (χ1v) is 10.6. The molecule has 1 fully saturated rings. The molecule has 0 radical (unpaired) electrons. The highest BCUT2D eigenvalue weighted by atomic mass is 35.5. The second-order valence-electron chi connectivity index (χ2n) is 8.68. The molecule has 2 aromatic carbocycles. The second kappa shape index (κ2) is 7.64. The molecule has 0 atom stereocenters. The highest BCUT2D eigenvalue weighted by molar-refractivity contribution is 6.40. The van der Waals surface area contributed by atoms with Crippen LogP contribution in [-0.2, 0) is 9.59 Å². The van der Waals surface area contributed by atoms with Gasteiger partial charge in [-0.15, -0.1) is 0 Å². The molecule has 0 unspecified atom stereocenters. The zero-order valence-corrected chi connectivity index (χ0v) is 19.4. The minimum absolute atomic E-state index is 0.152. The van der Waals surface area contributed by atoms with Crippen molar-refractivity contribution in [2.24, 2.45) is 0 Å². The van der Waals surface area contributed by atoms with Gasteiger partial charge in [-0.05, 0) is 68.7 Å². The fourth-order valence-electron chi connectivity index (χ4n) is 4.14. The SMILES string of the molecule is CC1=CC(C)(C)N(C)c2cc(Cl)c(/C=C3\C(=O)NC(=O)N(c4ccccc4C)C3=O)cc21. The van der Waals surface area contributed by atoms with E-state index in [1.54, 1.807) is 25.1 Å². The van der Waals surface area contributed by atoms with Crippen LogP contribution in [0.25, 0.3) is 11.6 Å². The van der Waals surface area contributed by atoms with Crippen LogP contribution in [0.2, 0.25) is 5.02 Å². The maximum Gasteiger partial charge on any atom is 0.335 e. The minimum Gasteiger partial charge on any atom is -0.365 e. The molecule has 0 spiro atoms. The second-order valence-corrected chi connectivity index (χ2v) is 9.08. The van der Waals surface area contributed by atoms with E-state index in [1.165, 1.54) is 6.08 Å². The van der Waals surface area contributed by atoms with Gasteiger partial charge in [0.2, 0.25) is 0 Å². The highest BCUT2D eigenvalue weighted by Crippen LogP contribution is 2.41. The molecular formula is C25H24ClN3O3. The van der Waals surface area contributed by atoms with E-state index in [9.17, 15) is 14.4 Å². The number of urea groups is 1. The Labute approximate surface area is 192 Å². The van der Waals surface area contributed by atoms with Crippen LogP contribution >= 0.6 is 11.6 Å². The van der Waals surface area contributed by atoms with Crippen LogP contribution in [0.3, 0.4) is 0 Å². The zero-order chi connectivity index (χ0) is 23.4. The number of rotatable bonds is 2. The van der Waals surface area contributed by atoms with Crippen molar-refractivity contribution in [2.75, 3.05) is 16.8 Å². The fourth-order valence-corrected chi connectivity index (χ4v) is 4.36. The molecule has 4 amide bonds. The number of hydrogen-bond donors (Lipinski definition) is 1. The van der Waals surface area contributed by atoms with Crippen LogP contribution in [0.15, 0.2) is 48.0 Å². The van der Waals surface area contributed by atoms with E-state index in [2.05, 4.69) is 30.1 Å². The van der Waals surface area contributed by atoms with Gasteiger partial charge >= 0.3 is 6.03 Å². The van der Waals surface area contributed by atoms with Crippen molar-refractivity contribution < 1.29 is 14.4 Å². The van der Waals surface area contributed by atoms with Crippen molar-refractivity contribution in [3.05, 3.63) is 69.8 Å². The molecule has 2 heterocycles. The summed E-state index contributed by atoms with van der Waals surface area (Å²) in [6, 6.07) is 9.95. The number of aryl methyl sites for hydroxylation is 1. The van der Waals surface area contributed by atoms with Crippen molar-refractivity contribution in [1.82, 2.24) is 5.32 Å². The third kappa shape index (κ3) is 3.50. The molecule has 1 N–H and O–H groups in total. The first-order valence-electron chi connectivity index (χ1n) is 10.3. The lowest BCUT2D eigenvalue weighted by atomic mass is 9.88. The zero-order valence-electron chi connectivity index (χ0n) is 18.6. The first kappa shape index (κ1) is 21.8. The summed E-state index contributed by atoms with van der Waals surface area (Å²) in [7, 11) is 2.00. The monoisotopic (exact) mass is 449 g/mol. The van der Waals surface area contributed by atoms with E-state index >= 15 is 0 Å². The molecule has 2 aromatic rings. The highest BCUT2D eigenvalue weighted by Gasteiger charge is 2.37. The molecule has 1 saturated heterocycles. The van der Waals surface area contributed by atoms with Crippen LogP contribution in [0, 0.1) is 6.92 Å². The number of fused-ring (bicyclic) bond motifs is 1. The van der Waals surface area contributed by atoms with E-state index in [-0.39, 0.29) is 11.1 Å². The first-order chi connectivity index (χ1) is 15.0. The number of carbonyl (C=O) groups is 3. The molecule has 2 aliphatic rings. The largest absolute Gasteiger partial charge is 0.365 e. The van der Waals surface area contributed by atoms with Crippen molar-refractivity contribution in [3.8, 4) is 0 Å². The van der Waals surface area contributed by atoms with Crippen LogP contribution in [0.4, 0.5) is 16.2 Å². The van der Waals surface area contributed by atoms with Gasteiger partial charge in [-0.1, -0.05) is 35.9 Å². The van der Waals surface area contributed by atoms with Crippen LogP contribution in [-0.4, -0.2) is 30.4 Å². The third-order valence-electron chi connectivity index (χ3n) is 6.09. The van der Waals surface area contributed by atoms with Gasteiger partial charge in [-0.3, -0.25) is 14.9 Å². The fraction of sp³-hybridized carbons (Fsp3) is 0.240. The number of barbiturate groups is 1. The summed E-state index contributed by atoms with van der Waals surface area (Å²) in [5.41, 5.74) is 4.39. The predicted octanol–water partition coefficient (Wildman–Crippen LogP) is 4.95. The van der Waals surface area contributed by atoms with Gasteiger partial charge in [0, 0.05) is 23.3 Å². The van der Waals surface area contributed by atoms with Gasteiger partial charge in [-0.25, -0.2) is 9.69 Å². The number of allylic oxidation sites excluding steroid dienone is 1. The molecule has 6 nitrogen and oxygen atoms in total. The van der Waals surface area contributed by atoms with E-state index in [4.69, 9.17) is 11.6 Å². The summed E-state index contributed by atoms with van der Waals surface area (Å²) in [5, 5.41) is 2.67. The third-order valence-corrected chi connectivity index (χ3v) is 6.42. The molecule has 4 rings (SSSR count). The standard InChI is InChI=1S/C25H24ClN3O3/c1-14-8-6-7-9-20(14)29-23(31)18(22(30)27-24(29)32)11-16-10-17-15(2)13-25(3,4)28(5)21(17)12-19(16)26/h6-13H,1-5H3,(H,27,30,32)/b18-11+. The summed E-state index contributed by atoms with van der Waals surface area (Å²) in [6.45, 7) is 8.05. The van der Waals surface area contributed by atoms with Crippen LogP contribution < -0.4 is 15.1 Å². The average Bonchev–Trinajstić information content (AvgIpc) is 2.71. The van der Waals surface area contributed by atoms with Crippen molar-refractivity contribution in [1.29, 1.82) is 0 Å². The number of benzene rings is 2. The Kier molecular flexibility index (Phi) is 5.21. The number of amides is 4. The number of imide groups is 2. The molecule has 0 aliphatic carbocycles. The van der Waals surface area contributed by atoms with Gasteiger partial charge in [0.1, 0.15) is 5.57 Å². The van der Waals surface area contributed by atoms with Crippen molar-refractivity contribution in [2.45, 2.75) is 33.2 Å². The van der Waals surface area contributed by atoms with Gasteiger partial charge in [0.05, 0.1) is 11.2 Å². The number of nitrogens with one attached hydrogen (secondary N) is 1. The minimum atomic E-state index is -0.773. The number of halogens is 1. The van der Waals surface area contributed by atoms with Gasteiger partial charge < -0.3 is 4.90 Å². The van der Waals surface area contributed by atoms with Crippen LogP contribution in [0.1, 0.15) is 37.5 Å². The number of likely N-dealkylation sites (N-methyl/N-ethyl adjacent to an activating group) is 1. The number of carbonyl (C=O) groups excluding carboxylic acids is 3. The molecule has 164 valence electrons. The normalized spacial score (nSPS) is 19.1. The smallest absolute Gasteiger partial charge is 0.335 e. The average molecular weight is 450 g/mol. The van der Waals surface area contributed by atoms with Crippen molar-refractivity contribution in [3.63, 3.8) is 0 Å². The Morgan fingerprint density at radius 3 is 2.41 bits per heavy atom. The Morgan fingerprint density at radius 2 is 1.72 bits per heavy atom. The number of para-hydroxylation sites is 1.